The fraction of sp³-hybridized carbons (Fsp3) is 0.333. The van der Waals surface area contributed by atoms with Crippen molar-refractivity contribution in [2.75, 3.05) is 18.6 Å². The highest BCUT2D eigenvalue weighted by atomic mass is 32.2. The summed E-state index contributed by atoms with van der Waals surface area (Å²) >= 11 is 1.66. The predicted molar refractivity (Wildman–Crippen MR) is 56.6 cm³/mol. The molecule has 0 fully saturated rings. The number of aromatic nitrogens is 1. The van der Waals surface area contributed by atoms with Crippen molar-refractivity contribution in [3.05, 3.63) is 24.0 Å². The van der Waals surface area contributed by atoms with Crippen LogP contribution in [0.25, 0.3) is 0 Å². The van der Waals surface area contributed by atoms with Crippen LogP contribution in [0, 0.1) is 0 Å². The van der Waals surface area contributed by atoms with Gasteiger partial charge in [0.15, 0.2) is 0 Å². The molecule has 0 saturated heterocycles. The van der Waals surface area contributed by atoms with Crippen LogP contribution >= 0.6 is 11.8 Å². The maximum absolute atomic E-state index is 11.4. The number of amides is 1. The van der Waals surface area contributed by atoms with E-state index in [1.807, 2.05) is 6.26 Å². The zero-order valence-corrected chi connectivity index (χ0v) is 8.67. The van der Waals surface area contributed by atoms with Crippen molar-refractivity contribution >= 4 is 17.7 Å². The number of carbonyl (C=O) groups is 1. The summed E-state index contributed by atoms with van der Waals surface area (Å²) in [5, 5.41) is 11.8. The third-order valence-electron chi connectivity index (χ3n) is 1.58. The molecule has 0 aliphatic rings. The standard InChI is InChI=1S/C9H12N2O2S/c1-14-3-2-11-9(13)7-4-8(12)6-10-5-7/h4-6,12H,2-3H2,1H3,(H,11,13). The van der Waals surface area contributed by atoms with Crippen LogP contribution in [-0.2, 0) is 0 Å². The van der Waals surface area contributed by atoms with E-state index in [0.29, 0.717) is 12.1 Å². The Bertz CT molecular complexity index is 317. The molecule has 1 aromatic rings. The molecule has 76 valence electrons. The van der Waals surface area contributed by atoms with Gasteiger partial charge in [0, 0.05) is 18.5 Å². The normalized spacial score (nSPS) is 9.79. The maximum Gasteiger partial charge on any atom is 0.253 e. The number of carbonyl (C=O) groups excluding carboxylic acids is 1. The summed E-state index contributed by atoms with van der Waals surface area (Å²) < 4.78 is 0. The fourth-order valence-corrected chi connectivity index (χ4v) is 1.23. The van der Waals surface area contributed by atoms with Gasteiger partial charge >= 0.3 is 0 Å². The molecule has 0 atom stereocenters. The monoisotopic (exact) mass is 212 g/mol. The Kier molecular flexibility index (Phi) is 4.25. The number of aromatic hydroxyl groups is 1. The van der Waals surface area contributed by atoms with E-state index in [4.69, 9.17) is 5.11 Å². The third kappa shape index (κ3) is 3.26. The minimum atomic E-state index is -0.206. The molecule has 1 aromatic heterocycles. The van der Waals surface area contributed by atoms with Gasteiger partial charge in [0.1, 0.15) is 5.75 Å². The SMILES string of the molecule is CSCCNC(=O)c1cncc(O)c1. The predicted octanol–water partition coefficient (Wildman–Crippen LogP) is 0.880. The average molecular weight is 212 g/mol. The van der Waals surface area contributed by atoms with Crippen LogP contribution in [0.15, 0.2) is 18.5 Å². The summed E-state index contributed by atoms with van der Waals surface area (Å²) in [5.41, 5.74) is 0.381. The largest absolute Gasteiger partial charge is 0.506 e. The van der Waals surface area contributed by atoms with E-state index in [1.165, 1.54) is 18.5 Å². The van der Waals surface area contributed by atoms with Crippen molar-refractivity contribution in [3.8, 4) is 5.75 Å². The van der Waals surface area contributed by atoms with E-state index in [0.717, 1.165) is 5.75 Å². The summed E-state index contributed by atoms with van der Waals surface area (Å²) in [4.78, 5) is 15.1. The van der Waals surface area contributed by atoms with Crippen molar-refractivity contribution in [1.82, 2.24) is 10.3 Å². The molecule has 4 nitrogen and oxygen atoms in total. The molecule has 2 N–H and O–H groups in total. The van der Waals surface area contributed by atoms with Gasteiger partial charge in [-0.2, -0.15) is 11.8 Å². The molecule has 0 aliphatic carbocycles. The van der Waals surface area contributed by atoms with E-state index >= 15 is 0 Å². The fourth-order valence-electron chi connectivity index (χ4n) is 0.921. The van der Waals surface area contributed by atoms with Crippen molar-refractivity contribution in [2.45, 2.75) is 0 Å². The molecule has 0 saturated carbocycles. The number of hydrogen-bond acceptors (Lipinski definition) is 4. The molecular weight excluding hydrogens is 200 g/mol. The third-order valence-corrected chi connectivity index (χ3v) is 2.19. The zero-order chi connectivity index (χ0) is 10.4. The molecule has 14 heavy (non-hydrogen) atoms. The Hall–Kier alpha value is -1.23. The summed E-state index contributed by atoms with van der Waals surface area (Å²) in [6.45, 7) is 0.621. The molecule has 1 amide bonds. The van der Waals surface area contributed by atoms with E-state index in [-0.39, 0.29) is 11.7 Å². The Morgan fingerprint density at radius 1 is 1.64 bits per heavy atom. The molecule has 1 heterocycles. The van der Waals surface area contributed by atoms with Crippen LogP contribution < -0.4 is 5.32 Å². The Balaban J connectivity index is 2.52. The van der Waals surface area contributed by atoms with Gasteiger partial charge in [-0.1, -0.05) is 0 Å². The second-order valence-corrected chi connectivity index (χ2v) is 3.67. The van der Waals surface area contributed by atoms with Gasteiger partial charge in [-0.05, 0) is 12.3 Å². The van der Waals surface area contributed by atoms with Crippen LogP contribution in [0.4, 0.5) is 0 Å². The molecular formula is C9H12N2O2S. The van der Waals surface area contributed by atoms with Crippen molar-refractivity contribution in [1.29, 1.82) is 0 Å². The lowest BCUT2D eigenvalue weighted by atomic mass is 10.2. The lowest BCUT2D eigenvalue weighted by molar-refractivity contribution is 0.0955. The molecule has 0 radical (unpaired) electrons. The Labute approximate surface area is 86.7 Å². The number of nitrogens with zero attached hydrogens (tertiary/aromatic N) is 1. The first-order valence-corrected chi connectivity index (χ1v) is 5.54. The van der Waals surface area contributed by atoms with Crippen molar-refractivity contribution < 1.29 is 9.90 Å². The highest BCUT2D eigenvalue weighted by molar-refractivity contribution is 7.98. The summed E-state index contributed by atoms with van der Waals surface area (Å²) in [6.07, 6.45) is 4.69. The van der Waals surface area contributed by atoms with Gasteiger partial charge in [0.25, 0.3) is 5.91 Å². The Morgan fingerprint density at radius 3 is 3.07 bits per heavy atom. The van der Waals surface area contributed by atoms with E-state index in [1.54, 1.807) is 11.8 Å². The van der Waals surface area contributed by atoms with Gasteiger partial charge in [-0.15, -0.1) is 0 Å². The molecule has 0 bridgehead atoms. The summed E-state index contributed by atoms with van der Waals surface area (Å²) in [7, 11) is 0. The van der Waals surface area contributed by atoms with Gasteiger partial charge in [-0.25, -0.2) is 0 Å². The van der Waals surface area contributed by atoms with Crippen LogP contribution in [0.5, 0.6) is 5.75 Å². The van der Waals surface area contributed by atoms with Gasteiger partial charge < -0.3 is 10.4 Å². The highest BCUT2D eigenvalue weighted by Crippen LogP contribution is 2.07. The summed E-state index contributed by atoms with van der Waals surface area (Å²) in [5.74, 6) is 0.669. The topological polar surface area (TPSA) is 62.2 Å². The molecule has 1 rings (SSSR count). The maximum atomic E-state index is 11.4. The Morgan fingerprint density at radius 2 is 2.43 bits per heavy atom. The smallest absolute Gasteiger partial charge is 0.253 e. The highest BCUT2D eigenvalue weighted by Gasteiger charge is 2.05. The van der Waals surface area contributed by atoms with Crippen LogP contribution in [0.3, 0.4) is 0 Å². The van der Waals surface area contributed by atoms with Crippen LogP contribution in [-0.4, -0.2) is 34.6 Å². The molecule has 0 aliphatic heterocycles. The minimum absolute atomic E-state index is 0.00233. The first kappa shape index (κ1) is 10.8. The number of thioether (sulfide) groups is 1. The van der Waals surface area contributed by atoms with Crippen molar-refractivity contribution in [2.24, 2.45) is 0 Å². The van der Waals surface area contributed by atoms with E-state index in [9.17, 15) is 4.79 Å². The average Bonchev–Trinajstić information content (AvgIpc) is 2.18. The lowest BCUT2D eigenvalue weighted by Crippen LogP contribution is -2.25. The van der Waals surface area contributed by atoms with E-state index in [2.05, 4.69) is 10.3 Å². The molecule has 0 unspecified atom stereocenters. The molecule has 0 aromatic carbocycles. The number of rotatable bonds is 4. The second kappa shape index (κ2) is 5.49. The van der Waals surface area contributed by atoms with E-state index < -0.39 is 0 Å². The molecule has 5 heteroatoms. The second-order valence-electron chi connectivity index (χ2n) is 2.68. The van der Waals surface area contributed by atoms with Gasteiger partial charge in [0.05, 0.1) is 11.8 Å². The van der Waals surface area contributed by atoms with Crippen molar-refractivity contribution in [3.63, 3.8) is 0 Å². The zero-order valence-electron chi connectivity index (χ0n) is 7.86. The quantitative estimate of drug-likeness (QED) is 0.727. The number of nitrogens with one attached hydrogen (secondary N) is 1. The van der Waals surface area contributed by atoms with Crippen LogP contribution in [0.1, 0.15) is 10.4 Å². The minimum Gasteiger partial charge on any atom is -0.506 e. The number of pyridine rings is 1. The first-order valence-electron chi connectivity index (χ1n) is 4.15. The van der Waals surface area contributed by atoms with Crippen LogP contribution in [0.2, 0.25) is 0 Å². The molecule has 0 spiro atoms. The van der Waals surface area contributed by atoms with Gasteiger partial charge in [0.2, 0.25) is 0 Å². The van der Waals surface area contributed by atoms with Gasteiger partial charge in [-0.3, -0.25) is 9.78 Å². The first-order chi connectivity index (χ1) is 6.74. The number of hydrogen-bond donors (Lipinski definition) is 2. The lowest BCUT2D eigenvalue weighted by Gasteiger charge is -2.03. The summed E-state index contributed by atoms with van der Waals surface area (Å²) in [6, 6.07) is 1.39.